The lowest BCUT2D eigenvalue weighted by Gasteiger charge is -2.05. The first-order valence-corrected chi connectivity index (χ1v) is 11.5. The number of hydrogen-bond donors (Lipinski definition) is 1. The monoisotopic (exact) mass is 454 g/mol. The van der Waals surface area contributed by atoms with Crippen molar-refractivity contribution in [3.8, 4) is 11.3 Å². The number of anilines is 1. The second-order valence-electron chi connectivity index (χ2n) is 6.09. The second kappa shape index (κ2) is 8.61. The standard InChI is InChI=1S/C19H16Cl2N2O3S2/c1-12-2-5-14(6-3-12)28(25,26)9-8-18(24)23-19-22-17(11-27-19)15-7-4-13(20)10-16(15)21/h2-7,10-11H,8-9H2,1H3,(H,22,23,24). The third-order valence-corrected chi connectivity index (χ3v) is 6.97. The van der Waals surface area contributed by atoms with Crippen LogP contribution in [-0.2, 0) is 14.6 Å². The van der Waals surface area contributed by atoms with Gasteiger partial charge in [0, 0.05) is 22.4 Å². The highest BCUT2D eigenvalue weighted by Crippen LogP contribution is 2.32. The fraction of sp³-hybridized carbons (Fsp3) is 0.158. The number of carbonyl (C=O) groups excluding carboxylic acids is 1. The first-order valence-electron chi connectivity index (χ1n) is 8.25. The molecule has 0 saturated heterocycles. The van der Waals surface area contributed by atoms with Crippen LogP contribution in [0.2, 0.25) is 10.0 Å². The predicted octanol–water partition coefficient (Wildman–Crippen LogP) is 5.23. The maximum absolute atomic E-state index is 12.3. The molecule has 1 amide bonds. The average Bonchev–Trinajstić information content (AvgIpc) is 3.08. The topological polar surface area (TPSA) is 76.1 Å². The van der Waals surface area contributed by atoms with Crippen LogP contribution in [0.4, 0.5) is 5.13 Å². The summed E-state index contributed by atoms with van der Waals surface area (Å²) in [5, 5.41) is 5.74. The van der Waals surface area contributed by atoms with Gasteiger partial charge in [0.05, 0.1) is 21.4 Å². The first kappa shape index (κ1) is 20.8. The molecule has 0 aliphatic carbocycles. The van der Waals surface area contributed by atoms with Gasteiger partial charge < -0.3 is 5.32 Å². The number of sulfone groups is 1. The number of thiazole rings is 1. The Morgan fingerprint density at radius 2 is 1.86 bits per heavy atom. The fourth-order valence-electron chi connectivity index (χ4n) is 2.42. The summed E-state index contributed by atoms with van der Waals surface area (Å²) in [6.45, 7) is 1.88. The zero-order chi connectivity index (χ0) is 20.3. The molecule has 28 heavy (non-hydrogen) atoms. The first-order chi connectivity index (χ1) is 13.2. The molecule has 1 N–H and O–H groups in total. The molecule has 0 fully saturated rings. The van der Waals surface area contributed by atoms with Gasteiger partial charge in [-0.15, -0.1) is 11.3 Å². The Hall–Kier alpha value is -1.93. The Kier molecular flexibility index (Phi) is 6.40. The summed E-state index contributed by atoms with van der Waals surface area (Å²) in [5.41, 5.74) is 2.27. The average molecular weight is 455 g/mol. The third-order valence-electron chi connectivity index (χ3n) is 3.94. The van der Waals surface area contributed by atoms with Crippen molar-refractivity contribution in [1.82, 2.24) is 4.98 Å². The summed E-state index contributed by atoms with van der Waals surface area (Å²) in [6, 6.07) is 11.6. The van der Waals surface area contributed by atoms with Crippen LogP contribution in [0.3, 0.4) is 0 Å². The Morgan fingerprint density at radius 1 is 1.14 bits per heavy atom. The molecule has 3 aromatic rings. The molecule has 2 aromatic carbocycles. The predicted molar refractivity (Wildman–Crippen MR) is 114 cm³/mol. The van der Waals surface area contributed by atoms with E-state index in [0.29, 0.717) is 26.4 Å². The van der Waals surface area contributed by atoms with Crippen molar-refractivity contribution in [2.45, 2.75) is 18.2 Å². The summed E-state index contributed by atoms with van der Waals surface area (Å²) >= 11 is 13.3. The van der Waals surface area contributed by atoms with Gasteiger partial charge in [0.2, 0.25) is 5.91 Å². The number of rotatable bonds is 6. The van der Waals surface area contributed by atoms with Gasteiger partial charge in [0.1, 0.15) is 0 Å². The number of aromatic nitrogens is 1. The molecule has 5 nitrogen and oxygen atoms in total. The molecule has 146 valence electrons. The van der Waals surface area contributed by atoms with E-state index in [9.17, 15) is 13.2 Å². The molecule has 0 atom stereocenters. The molecule has 0 unspecified atom stereocenters. The van der Waals surface area contributed by atoms with Crippen molar-refractivity contribution >= 4 is 55.4 Å². The largest absolute Gasteiger partial charge is 0.302 e. The van der Waals surface area contributed by atoms with Crippen molar-refractivity contribution in [3.63, 3.8) is 0 Å². The van der Waals surface area contributed by atoms with Gasteiger partial charge in [-0.05, 0) is 37.3 Å². The molecule has 0 spiro atoms. The van der Waals surface area contributed by atoms with Gasteiger partial charge in [-0.1, -0.05) is 40.9 Å². The van der Waals surface area contributed by atoms with Gasteiger partial charge in [0.25, 0.3) is 0 Å². The number of nitrogens with one attached hydrogen (secondary N) is 1. The fourth-order valence-corrected chi connectivity index (χ4v) is 4.90. The summed E-state index contributed by atoms with van der Waals surface area (Å²) in [4.78, 5) is 16.7. The van der Waals surface area contributed by atoms with Crippen LogP contribution < -0.4 is 5.32 Å². The lowest BCUT2D eigenvalue weighted by atomic mass is 10.2. The highest BCUT2D eigenvalue weighted by atomic mass is 35.5. The number of benzene rings is 2. The molecular weight excluding hydrogens is 439 g/mol. The van der Waals surface area contributed by atoms with E-state index in [1.807, 2.05) is 6.92 Å². The molecular formula is C19H16Cl2N2O3S2. The minimum atomic E-state index is -3.52. The Labute approximate surface area is 177 Å². The minimum Gasteiger partial charge on any atom is -0.302 e. The van der Waals surface area contributed by atoms with Gasteiger partial charge >= 0.3 is 0 Å². The van der Waals surface area contributed by atoms with Crippen molar-refractivity contribution in [3.05, 3.63) is 63.5 Å². The van der Waals surface area contributed by atoms with Crippen LogP contribution in [0.25, 0.3) is 11.3 Å². The number of amides is 1. The van der Waals surface area contributed by atoms with Crippen molar-refractivity contribution in [2.75, 3.05) is 11.1 Å². The molecule has 9 heteroatoms. The Balaban J connectivity index is 1.62. The number of nitrogens with zero attached hydrogens (tertiary/aromatic N) is 1. The van der Waals surface area contributed by atoms with Crippen LogP contribution >= 0.6 is 34.5 Å². The summed E-state index contributed by atoms with van der Waals surface area (Å²) < 4.78 is 24.7. The van der Waals surface area contributed by atoms with E-state index >= 15 is 0 Å². The van der Waals surface area contributed by atoms with E-state index in [-0.39, 0.29) is 17.1 Å². The van der Waals surface area contributed by atoms with E-state index in [1.165, 1.54) is 11.3 Å². The van der Waals surface area contributed by atoms with Gasteiger partial charge in [0.15, 0.2) is 15.0 Å². The maximum atomic E-state index is 12.3. The van der Waals surface area contributed by atoms with E-state index in [0.717, 1.165) is 5.56 Å². The van der Waals surface area contributed by atoms with Crippen LogP contribution in [0.5, 0.6) is 0 Å². The number of aryl methyl sites for hydroxylation is 1. The maximum Gasteiger partial charge on any atom is 0.227 e. The molecule has 0 radical (unpaired) electrons. The summed E-state index contributed by atoms with van der Waals surface area (Å²) in [6.07, 6.45) is -0.160. The van der Waals surface area contributed by atoms with E-state index in [2.05, 4.69) is 10.3 Å². The smallest absolute Gasteiger partial charge is 0.227 e. The van der Waals surface area contributed by atoms with E-state index in [4.69, 9.17) is 23.2 Å². The highest BCUT2D eigenvalue weighted by Gasteiger charge is 2.17. The van der Waals surface area contributed by atoms with Gasteiger partial charge in [-0.2, -0.15) is 0 Å². The molecule has 0 bridgehead atoms. The molecule has 1 heterocycles. The lowest BCUT2D eigenvalue weighted by molar-refractivity contribution is -0.115. The Bertz CT molecular complexity index is 1110. The molecule has 1 aromatic heterocycles. The van der Waals surface area contributed by atoms with Crippen molar-refractivity contribution < 1.29 is 13.2 Å². The van der Waals surface area contributed by atoms with Crippen LogP contribution in [0.15, 0.2) is 52.7 Å². The third kappa shape index (κ3) is 5.11. The number of carbonyl (C=O) groups is 1. The molecule has 0 saturated carbocycles. The van der Waals surface area contributed by atoms with E-state index < -0.39 is 15.7 Å². The molecule has 0 aliphatic rings. The van der Waals surface area contributed by atoms with Gasteiger partial charge in [-0.3, -0.25) is 4.79 Å². The lowest BCUT2D eigenvalue weighted by Crippen LogP contribution is -2.17. The summed E-state index contributed by atoms with van der Waals surface area (Å²) in [7, 11) is -3.52. The highest BCUT2D eigenvalue weighted by molar-refractivity contribution is 7.91. The zero-order valence-electron chi connectivity index (χ0n) is 14.8. The van der Waals surface area contributed by atoms with Crippen LogP contribution in [0.1, 0.15) is 12.0 Å². The number of hydrogen-bond acceptors (Lipinski definition) is 5. The number of halogens is 2. The summed E-state index contributed by atoms with van der Waals surface area (Å²) in [5.74, 6) is -0.692. The van der Waals surface area contributed by atoms with Crippen LogP contribution in [-0.4, -0.2) is 25.1 Å². The van der Waals surface area contributed by atoms with E-state index in [1.54, 1.807) is 47.8 Å². The normalized spacial score (nSPS) is 11.4. The van der Waals surface area contributed by atoms with Crippen LogP contribution in [0, 0.1) is 6.92 Å². The zero-order valence-corrected chi connectivity index (χ0v) is 17.9. The minimum absolute atomic E-state index is 0.160. The van der Waals surface area contributed by atoms with Crippen molar-refractivity contribution in [2.24, 2.45) is 0 Å². The Morgan fingerprint density at radius 3 is 2.54 bits per heavy atom. The van der Waals surface area contributed by atoms with Crippen molar-refractivity contribution in [1.29, 1.82) is 0 Å². The molecule has 0 aliphatic heterocycles. The van der Waals surface area contributed by atoms with Gasteiger partial charge in [-0.25, -0.2) is 13.4 Å². The quantitative estimate of drug-likeness (QED) is 0.553. The molecule has 3 rings (SSSR count). The second-order valence-corrected chi connectivity index (χ2v) is 9.90. The SMILES string of the molecule is Cc1ccc(S(=O)(=O)CCC(=O)Nc2nc(-c3ccc(Cl)cc3Cl)cs2)cc1.